The summed E-state index contributed by atoms with van der Waals surface area (Å²) in [5.41, 5.74) is 7.85. The summed E-state index contributed by atoms with van der Waals surface area (Å²) in [6, 6.07) is 10.0. The molecule has 0 bridgehead atoms. The maximum absolute atomic E-state index is 7.85. The van der Waals surface area contributed by atoms with Crippen LogP contribution in [0.25, 0.3) is 0 Å². The Bertz CT molecular complexity index is 293. The van der Waals surface area contributed by atoms with Gasteiger partial charge in [0.05, 0.1) is 19.3 Å². The molecule has 0 amide bonds. The first-order valence-corrected chi connectivity index (χ1v) is 6.78. The predicted octanol–water partition coefficient (Wildman–Crippen LogP) is 2.01. The standard InChI is InChI=1S/C13H21N2OS/c1-15(2)8-9-16-10-12(14)11-17-13-6-4-3-5-7-13/h3-7,12,14H,8-11H2,1-2H3/t12-/m1/s1. The third-order valence-electron chi connectivity index (χ3n) is 2.20. The van der Waals surface area contributed by atoms with Gasteiger partial charge in [-0.1, -0.05) is 18.2 Å². The van der Waals surface area contributed by atoms with E-state index in [0.717, 1.165) is 12.3 Å². The Balaban J connectivity index is 2.07. The largest absolute Gasteiger partial charge is 0.378 e. The van der Waals surface area contributed by atoms with Gasteiger partial charge in [-0.05, 0) is 26.2 Å². The van der Waals surface area contributed by atoms with Crippen LogP contribution in [0.5, 0.6) is 0 Å². The van der Waals surface area contributed by atoms with E-state index in [1.807, 2.05) is 32.3 Å². The van der Waals surface area contributed by atoms with E-state index in [1.54, 1.807) is 11.8 Å². The first kappa shape index (κ1) is 14.5. The molecule has 1 radical (unpaired) electrons. The highest BCUT2D eigenvalue weighted by Crippen LogP contribution is 2.17. The highest BCUT2D eigenvalue weighted by molar-refractivity contribution is 7.99. The molecule has 0 aliphatic heterocycles. The van der Waals surface area contributed by atoms with Crippen molar-refractivity contribution in [1.82, 2.24) is 10.6 Å². The van der Waals surface area contributed by atoms with Gasteiger partial charge in [-0.3, -0.25) is 5.73 Å². The summed E-state index contributed by atoms with van der Waals surface area (Å²) in [4.78, 5) is 3.30. The fraction of sp³-hybridized carbons (Fsp3) is 0.538. The molecule has 17 heavy (non-hydrogen) atoms. The van der Waals surface area contributed by atoms with Crippen molar-refractivity contribution in [2.75, 3.05) is 39.6 Å². The molecular weight excluding hydrogens is 232 g/mol. The summed E-state index contributed by atoms with van der Waals surface area (Å²) < 4.78 is 5.45. The van der Waals surface area contributed by atoms with Crippen LogP contribution in [0.2, 0.25) is 0 Å². The predicted molar refractivity (Wildman–Crippen MR) is 73.4 cm³/mol. The molecule has 1 N–H and O–H groups in total. The van der Waals surface area contributed by atoms with Gasteiger partial charge in [0.15, 0.2) is 0 Å². The average Bonchev–Trinajstić information content (AvgIpc) is 2.33. The molecule has 1 atom stereocenters. The summed E-state index contributed by atoms with van der Waals surface area (Å²) in [7, 11) is 4.04. The highest BCUT2D eigenvalue weighted by Gasteiger charge is 2.04. The second kappa shape index (κ2) is 8.53. The Hall–Kier alpha value is -0.550. The third kappa shape index (κ3) is 7.39. The topological polar surface area (TPSA) is 36.3 Å². The van der Waals surface area contributed by atoms with E-state index >= 15 is 0 Å². The van der Waals surface area contributed by atoms with E-state index in [9.17, 15) is 0 Å². The normalized spacial score (nSPS) is 12.9. The molecule has 95 valence electrons. The molecule has 0 saturated carbocycles. The summed E-state index contributed by atoms with van der Waals surface area (Å²) in [5, 5.41) is 0. The Morgan fingerprint density at radius 2 is 2.00 bits per heavy atom. The van der Waals surface area contributed by atoms with Gasteiger partial charge < -0.3 is 9.64 Å². The highest BCUT2D eigenvalue weighted by atomic mass is 32.2. The Labute approximate surface area is 108 Å². The van der Waals surface area contributed by atoms with Gasteiger partial charge in [0.2, 0.25) is 0 Å². The molecule has 0 spiro atoms. The second-order valence-electron chi connectivity index (χ2n) is 4.20. The van der Waals surface area contributed by atoms with Crippen LogP contribution in [0.4, 0.5) is 0 Å². The number of nitrogens with one attached hydrogen (secondary N) is 1. The fourth-order valence-corrected chi connectivity index (χ4v) is 2.07. The van der Waals surface area contributed by atoms with Crippen molar-refractivity contribution in [1.29, 1.82) is 0 Å². The van der Waals surface area contributed by atoms with Gasteiger partial charge in [-0.25, -0.2) is 0 Å². The van der Waals surface area contributed by atoms with Crippen molar-refractivity contribution in [2.45, 2.75) is 10.9 Å². The van der Waals surface area contributed by atoms with Gasteiger partial charge >= 0.3 is 0 Å². The van der Waals surface area contributed by atoms with Crippen LogP contribution in [0.15, 0.2) is 35.2 Å². The zero-order chi connectivity index (χ0) is 12.5. The van der Waals surface area contributed by atoms with Gasteiger partial charge in [0.25, 0.3) is 0 Å². The van der Waals surface area contributed by atoms with Crippen LogP contribution < -0.4 is 5.73 Å². The summed E-state index contributed by atoms with van der Waals surface area (Å²) in [5.74, 6) is 0.784. The number of hydrogen-bond donors (Lipinski definition) is 0. The minimum Gasteiger partial charge on any atom is -0.378 e. The lowest BCUT2D eigenvalue weighted by molar-refractivity contribution is 0.109. The maximum atomic E-state index is 7.85. The van der Waals surface area contributed by atoms with Gasteiger partial charge in [0.1, 0.15) is 0 Å². The zero-order valence-electron chi connectivity index (χ0n) is 10.6. The maximum Gasteiger partial charge on any atom is 0.0642 e. The number of rotatable bonds is 8. The molecule has 1 aromatic carbocycles. The van der Waals surface area contributed by atoms with Crippen molar-refractivity contribution in [3.63, 3.8) is 0 Å². The lowest BCUT2D eigenvalue weighted by Crippen LogP contribution is -2.24. The van der Waals surface area contributed by atoms with Crippen molar-refractivity contribution < 1.29 is 4.74 Å². The lowest BCUT2D eigenvalue weighted by Gasteiger charge is -2.13. The second-order valence-corrected chi connectivity index (χ2v) is 5.29. The quantitative estimate of drug-likeness (QED) is 0.525. The number of nitrogens with zero attached hydrogens (tertiary/aromatic N) is 1. The molecule has 0 aromatic heterocycles. The minimum absolute atomic E-state index is 0.151. The average molecular weight is 253 g/mol. The van der Waals surface area contributed by atoms with E-state index < -0.39 is 0 Å². The number of likely N-dealkylation sites (N-methyl/N-ethyl adjacent to an activating group) is 1. The summed E-state index contributed by atoms with van der Waals surface area (Å²) >= 11 is 1.71. The fourth-order valence-electron chi connectivity index (χ4n) is 1.23. The van der Waals surface area contributed by atoms with Gasteiger partial charge in [-0.2, -0.15) is 0 Å². The van der Waals surface area contributed by atoms with Crippen LogP contribution in [-0.2, 0) is 4.74 Å². The first-order valence-electron chi connectivity index (χ1n) is 5.80. The molecule has 0 aliphatic rings. The monoisotopic (exact) mass is 253 g/mol. The molecule has 0 unspecified atom stereocenters. The number of benzene rings is 1. The summed E-state index contributed by atoms with van der Waals surface area (Å²) in [6.07, 6.45) is 0. The van der Waals surface area contributed by atoms with E-state index in [4.69, 9.17) is 10.5 Å². The number of hydrogen-bond acceptors (Lipinski definition) is 3. The molecule has 3 nitrogen and oxygen atoms in total. The molecule has 0 heterocycles. The molecule has 1 aromatic rings. The Morgan fingerprint density at radius 1 is 1.29 bits per heavy atom. The van der Waals surface area contributed by atoms with E-state index in [0.29, 0.717) is 13.2 Å². The molecule has 1 rings (SSSR count). The lowest BCUT2D eigenvalue weighted by atomic mass is 10.4. The Morgan fingerprint density at radius 3 is 2.65 bits per heavy atom. The first-order chi connectivity index (χ1) is 8.18. The molecule has 0 fully saturated rings. The van der Waals surface area contributed by atoms with Gasteiger partial charge in [-0.15, -0.1) is 11.8 Å². The minimum atomic E-state index is -0.151. The van der Waals surface area contributed by atoms with Crippen molar-refractivity contribution >= 4 is 11.8 Å². The molecule has 0 aliphatic carbocycles. The van der Waals surface area contributed by atoms with E-state index in [-0.39, 0.29) is 6.04 Å². The van der Waals surface area contributed by atoms with Crippen molar-refractivity contribution in [2.24, 2.45) is 0 Å². The van der Waals surface area contributed by atoms with E-state index in [1.165, 1.54) is 4.90 Å². The number of ether oxygens (including phenoxy) is 1. The smallest absolute Gasteiger partial charge is 0.0642 e. The van der Waals surface area contributed by atoms with Crippen molar-refractivity contribution in [3.05, 3.63) is 30.3 Å². The summed E-state index contributed by atoms with van der Waals surface area (Å²) in [6.45, 7) is 2.14. The van der Waals surface area contributed by atoms with E-state index in [2.05, 4.69) is 17.0 Å². The van der Waals surface area contributed by atoms with Crippen LogP contribution in [0.3, 0.4) is 0 Å². The van der Waals surface area contributed by atoms with Crippen LogP contribution in [-0.4, -0.2) is 50.5 Å². The van der Waals surface area contributed by atoms with Gasteiger partial charge in [0, 0.05) is 17.2 Å². The SMILES string of the molecule is CN(C)CCOC[C@@H]([NH])CSc1ccccc1. The third-order valence-corrected chi connectivity index (χ3v) is 3.37. The zero-order valence-corrected chi connectivity index (χ0v) is 11.4. The van der Waals surface area contributed by atoms with Crippen molar-refractivity contribution in [3.8, 4) is 0 Å². The molecule has 0 saturated heterocycles. The molecular formula is C13H21N2OS. The number of thioether (sulfide) groups is 1. The van der Waals surface area contributed by atoms with Crippen LogP contribution in [0.1, 0.15) is 0 Å². The molecule has 4 heteroatoms. The van der Waals surface area contributed by atoms with Crippen LogP contribution >= 0.6 is 11.8 Å². The van der Waals surface area contributed by atoms with Crippen LogP contribution in [0, 0.1) is 0 Å². The Kier molecular flexibility index (Phi) is 7.28.